The molecule has 0 spiro atoms. The molecule has 0 bridgehead atoms. The minimum absolute atomic E-state index is 0.140. The molecule has 1 heterocycles. The van der Waals surface area contributed by atoms with Crippen LogP contribution in [0.2, 0.25) is 0 Å². The third-order valence-corrected chi connectivity index (χ3v) is 4.80. The highest BCUT2D eigenvalue weighted by atomic mass is 16.5. The van der Waals surface area contributed by atoms with Gasteiger partial charge in [-0.25, -0.2) is 0 Å². The summed E-state index contributed by atoms with van der Waals surface area (Å²) in [4.78, 5) is 25.9. The van der Waals surface area contributed by atoms with Gasteiger partial charge in [0, 0.05) is 12.8 Å². The van der Waals surface area contributed by atoms with Crippen LogP contribution in [0.5, 0.6) is 11.5 Å². The Kier molecular flexibility index (Phi) is 6.66. The van der Waals surface area contributed by atoms with Crippen molar-refractivity contribution < 1.29 is 23.8 Å². The van der Waals surface area contributed by atoms with Crippen LogP contribution in [0.4, 0.5) is 0 Å². The van der Waals surface area contributed by atoms with E-state index in [1.807, 2.05) is 48.5 Å². The van der Waals surface area contributed by atoms with E-state index < -0.39 is 0 Å². The molecule has 28 heavy (non-hydrogen) atoms. The van der Waals surface area contributed by atoms with Crippen LogP contribution in [0.3, 0.4) is 0 Å². The summed E-state index contributed by atoms with van der Waals surface area (Å²) in [5.41, 5.74) is 1.99. The van der Waals surface area contributed by atoms with E-state index in [0.29, 0.717) is 24.5 Å². The van der Waals surface area contributed by atoms with Crippen molar-refractivity contribution in [2.24, 2.45) is 0 Å². The first-order chi connectivity index (χ1) is 13.6. The summed E-state index contributed by atoms with van der Waals surface area (Å²) < 4.78 is 16.5. The molecule has 1 fully saturated rings. The number of carbonyl (C=O) groups excluding carboxylic acids is 2. The van der Waals surface area contributed by atoms with Gasteiger partial charge in [-0.2, -0.15) is 0 Å². The summed E-state index contributed by atoms with van der Waals surface area (Å²) in [6.45, 7) is 0.709. The number of carbonyl (C=O) groups is 2. The summed E-state index contributed by atoms with van der Waals surface area (Å²) in [6.07, 6.45) is 1.02. The molecular formula is C22H25NO5. The molecule has 2 aromatic rings. The van der Waals surface area contributed by atoms with Crippen molar-refractivity contribution in [3.63, 3.8) is 0 Å². The molecule has 1 aliphatic heterocycles. The van der Waals surface area contributed by atoms with E-state index in [0.717, 1.165) is 11.1 Å². The molecule has 0 aliphatic carbocycles. The Labute approximate surface area is 165 Å². The number of benzene rings is 2. The van der Waals surface area contributed by atoms with Gasteiger partial charge in [-0.15, -0.1) is 0 Å². The molecule has 0 N–H and O–H groups in total. The van der Waals surface area contributed by atoms with E-state index in [1.54, 1.807) is 14.2 Å². The van der Waals surface area contributed by atoms with Crippen molar-refractivity contribution in [1.29, 1.82) is 0 Å². The number of rotatable bonds is 9. The van der Waals surface area contributed by atoms with Gasteiger partial charge in [-0.1, -0.05) is 36.4 Å². The van der Waals surface area contributed by atoms with Crippen LogP contribution in [0, 0.1) is 0 Å². The number of imide groups is 1. The number of methoxy groups -OCH3 is 2. The average Bonchev–Trinajstić information content (AvgIpc) is 3.06. The molecule has 0 aromatic heterocycles. The fourth-order valence-corrected chi connectivity index (χ4v) is 3.39. The Morgan fingerprint density at radius 2 is 1.57 bits per heavy atom. The molecular weight excluding hydrogens is 358 g/mol. The van der Waals surface area contributed by atoms with Gasteiger partial charge in [0.1, 0.15) is 0 Å². The Balaban J connectivity index is 1.74. The fourth-order valence-electron chi connectivity index (χ4n) is 3.39. The monoisotopic (exact) mass is 383 g/mol. The molecule has 3 rings (SSSR count). The predicted octanol–water partition coefficient (Wildman–Crippen LogP) is 2.98. The average molecular weight is 383 g/mol. The molecule has 0 radical (unpaired) electrons. The minimum Gasteiger partial charge on any atom is -0.493 e. The normalized spacial score (nSPS) is 15.0. The van der Waals surface area contributed by atoms with Gasteiger partial charge in [-0.3, -0.25) is 14.5 Å². The van der Waals surface area contributed by atoms with Crippen LogP contribution in [-0.2, 0) is 27.4 Å². The van der Waals surface area contributed by atoms with Crippen molar-refractivity contribution in [2.45, 2.75) is 31.9 Å². The molecule has 148 valence electrons. The van der Waals surface area contributed by atoms with Gasteiger partial charge >= 0.3 is 0 Å². The highest BCUT2D eigenvalue weighted by Crippen LogP contribution is 2.29. The van der Waals surface area contributed by atoms with Crippen molar-refractivity contribution in [3.05, 3.63) is 59.7 Å². The number of hydrogen-bond acceptors (Lipinski definition) is 5. The van der Waals surface area contributed by atoms with Crippen molar-refractivity contribution in [1.82, 2.24) is 4.90 Å². The van der Waals surface area contributed by atoms with Crippen LogP contribution < -0.4 is 9.47 Å². The fraction of sp³-hybridized carbons (Fsp3) is 0.364. The number of hydrogen-bond donors (Lipinski definition) is 0. The molecule has 2 aromatic carbocycles. The Morgan fingerprint density at radius 3 is 2.21 bits per heavy atom. The lowest BCUT2D eigenvalue weighted by Crippen LogP contribution is -2.43. The van der Waals surface area contributed by atoms with Crippen molar-refractivity contribution in [3.8, 4) is 11.5 Å². The third-order valence-electron chi connectivity index (χ3n) is 4.80. The second kappa shape index (κ2) is 9.37. The third kappa shape index (κ3) is 4.70. The van der Waals surface area contributed by atoms with Gasteiger partial charge in [0.2, 0.25) is 11.8 Å². The van der Waals surface area contributed by atoms with Crippen molar-refractivity contribution >= 4 is 11.8 Å². The van der Waals surface area contributed by atoms with E-state index in [9.17, 15) is 9.59 Å². The first-order valence-corrected chi connectivity index (χ1v) is 9.30. The molecule has 1 atom stereocenters. The zero-order chi connectivity index (χ0) is 19.9. The highest BCUT2D eigenvalue weighted by Gasteiger charge is 2.35. The second-order valence-electron chi connectivity index (χ2n) is 6.71. The smallest absolute Gasteiger partial charge is 0.230 e. The lowest BCUT2D eigenvalue weighted by molar-refractivity contribution is -0.142. The van der Waals surface area contributed by atoms with Gasteiger partial charge < -0.3 is 14.2 Å². The van der Waals surface area contributed by atoms with Crippen LogP contribution in [0.15, 0.2) is 48.5 Å². The lowest BCUT2D eigenvalue weighted by Gasteiger charge is -2.26. The molecule has 6 heteroatoms. The van der Waals surface area contributed by atoms with Gasteiger partial charge in [0.15, 0.2) is 11.5 Å². The standard InChI is InChI=1S/C22H25NO5/c1-26-19-9-8-17(13-20(19)27-2)12-18(23-21(24)10-11-22(23)25)15-28-14-16-6-4-3-5-7-16/h3-9,13,18H,10-12,14-15H2,1-2H3/t18-/m1/s1. The largest absolute Gasteiger partial charge is 0.493 e. The molecule has 0 unspecified atom stereocenters. The maximum atomic E-state index is 12.3. The zero-order valence-electron chi connectivity index (χ0n) is 16.2. The minimum atomic E-state index is -0.357. The topological polar surface area (TPSA) is 65.1 Å². The maximum Gasteiger partial charge on any atom is 0.230 e. The molecule has 6 nitrogen and oxygen atoms in total. The summed E-state index contributed by atoms with van der Waals surface area (Å²) in [6, 6.07) is 15.1. The lowest BCUT2D eigenvalue weighted by atomic mass is 10.0. The highest BCUT2D eigenvalue weighted by molar-refractivity contribution is 6.02. The number of amides is 2. The number of nitrogens with zero attached hydrogens (tertiary/aromatic N) is 1. The van der Waals surface area contributed by atoms with E-state index in [2.05, 4.69) is 0 Å². The number of ether oxygens (including phenoxy) is 3. The summed E-state index contributed by atoms with van der Waals surface area (Å²) in [5.74, 6) is 0.969. The van der Waals surface area contributed by atoms with Crippen LogP contribution >= 0.6 is 0 Å². The quantitative estimate of drug-likeness (QED) is 0.623. The Morgan fingerprint density at radius 1 is 0.893 bits per heavy atom. The van der Waals surface area contributed by atoms with Crippen LogP contribution in [0.1, 0.15) is 24.0 Å². The maximum absolute atomic E-state index is 12.3. The van der Waals surface area contributed by atoms with Crippen LogP contribution in [0.25, 0.3) is 0 Å². The Hall–Kier alpha value is -2.86. The van der Waals surface area contributed by atoms with E-state index in [4.69, 9.17) is 14.2 Å². The molecule has 1 saturated heterocycles. The Bertz CT molecular complexity index is 805. The van der Waals surface area contributed by atoms with Crippen molar-refractivity contribution in [2.75, 3.05) is 20.8 Å². The summed E-state index contributed by atoms with van der Waals surface area (Å²) in [7, 11) is 3.16. The van der Waals surface area contributed by atoms with E-state index in [1.165, 1.54) is 4.90 Å². The first-order valence-electron chi connectivity index (χ1n) is 9.30. The van der Waals surface area contributed by atoms with Crippen LogP contribution in [-0.4, -0.2) is 43.6 Å². The molecule has 2 amide bonds. The van der Waals surface area contributed by atoms with Gasteiger partial charge in [0.05, 0.1) is 33.5 Å². The molecule has 1 aliphatic rings. The SMILES string of the molecule is COc1ccc(C[C@H](COCc2ccccc2)N2C(=O)CCC2=O)cc1OC. The zero-order valence-corrected chi connectivity index (χ0v) is 16.2. The van der Waals surface area contributed by atoms with E-state index in [-0.39, 0.29) is 37.3 Å². The predicted molar refractivity (Wildman–Crippen MR) is 104 cm³/mol. The van der Waals surface area contributed by atoms with Gasteiger partial charge in [0.25, 0.3) is 0 Å². The van der Waals surface area contributed by atoms with Gasteiger partial charge in [-0.05, 0) is 29.7 Å². The second-order valence-corrected chi connectivity index (χ2v) is 6.71. The summed E-state index contributed by atoms with van der Waals surface area (Å²) in [5, 5.41) is 0. The number of likely N-dealkylation sites (tertiary alicyclic amines) is 1. The van der Waals surface area contributed by atoms with E-state index >= 15 is 0 Å². The molecule has 0 saturated carbocycles. The summed E-state index contributed by atoms with van der Waals surface area (Å²) >= 11 is 0. The first kappa shape index (κ1) is 19.9.